The molecule has 0 radical (unpaired) electrons. The van der Waals surface area contributed by atoms with Gasteiger partial charge in [0.2, 0.25) is 0 Å². The zero-order valence-electron chi connectivity index (χ0n) is 11.0. The molecule has 5 nitrogen and oxygen atoms in total. The molecule has 19 heavy (non-hydrogen) atoms. The van der Waals surface area contributed by atoms with Gasteiger partial charge in [0.25, 0.3) is 0 Å². The van der Waals surface area contributed by atoms with Crippen molar-refractivity contribution >= 4 is 5.82 Å². The second kappa shape index (κ2) is 5.30. The lowest BCUT2D eigenvalue weighted by Gasteiger charge is -2.32. The Balaban J connectivity index is 1.69. The first-order valence-corrected chi connectivity index (χ1v) is 6.63. The van der Waals surface area contributed by atoms with Gasteiger partial charge in [-0.25, -0.2) is 19.9 Å². The van der Waals surface area contributed by atoms with E-state index in [9.17, 15) is 0 Å². The van der Waals surface area contributed by atoms with Crippen molar-refractivity contribution in [1.82, 2.24) is 19.9 Å². The van der Waals surface area contributed by atoms with E-state index in [0.29, 0.717) is 5.92 Å². The summed E-state index contributed by atoms with van der Waals surface area (Å²) in [6, 6.07) is 1.86. The fourth-order valence-electron chi connectivity index (χ4n) is 2.59. The standard InChI is InChI=1S/C14H17N5/c1-11-9-15-10-18-14(11)19-7-3-12(4-8-19)13-16-5-2-6-17-13/h2,5-6,9-10,12H,3-4,7-8H2,1H3. The third-order valence-corrected chi connectivity index (χ3v) is 3.61. The van der Waals surface area contributed by atoms with E-state index in [1.807, 2.05) is 24.7 Å². The van der Waals surface area contributed by atoms with Crippen molar-refractivity contribution in [3.63, 3.8) is 0 Å². The van der Waals surface area contributed by atoms with E-state index in [1.54, 1.807) is 6.33 Å². The van der Waals surface area contributed by atoms with Gasteiger partial charge in [-0.15, -0.1) is 0 Å². The van der Waals surface area contributed by atoms with Crippen molar-refractivity contribution in [2.45, 2.75) is 25.7 Å². The summed E-state index contributed by atoms with van der Waals surface area (Å²) in [7, 11) is 0. The zero-order valence-corrected chi connectivity index (χ0v) is 11.0. The molecular formula is C14H17N5. The minimum Gasteiger partial charge on any atom is -0.356 e. The molecular weight excluding hydrogens is 238 g/mol. The van der Waals surface area contributed by atoms with Crippen molar-refractivity contribution < 1.29 is 0 Å². The molecule has 2 aromatic heterocycles. The summed E-state index contributed by atoms with van der Waals surface area (Å²) in [6.45, 7) is 4.06. The van der Waals surface area contributed by atoms with Crippen LogP contribution in [0.15, 0.2) is 31.0 Å². The van der Waals surface area contributed by atoms with E-state index in [2.05, 4.69) is 31.8 Å². The van der Waals surface area contributed by atoms with Gasteiger partial charge < -0.3 is 4.90 Å². The third kappa shape index (κ3) is 2.54. The van der Waals surface area contributed by atoms with Gasteiger partial charge in [0.15, 0.2) is 0 Å². The highest BCUT2D eigenvalue weighted by Crippen LogP contribution is 2.28. The molecule has 1 saturated heterocycles. The van der Waals surface area contributed by atoms with Crippen LogP contribution >= 0.6 is 0 Å². The van der Waals surface area contributed by atoms with E-state index in [0.717, 1.165) is 43.1 Å². The summed E-state index contributed by atoms with van der Waals surface area (Å²) < 4.78 is 0. The Labute approximate surface area is 112 Å². The van der Waals surface area contributed by atoms with E-state index < -0.39 is 0 Å². The highest BCUT2D eigenvalue weighted by molar-refractivity contribution is 5.44. The summed E-state index contributed by atoms with van der Waals surface area (Å²) >= 11 is 0. The third-order valence-electron chi connectivity index (χ3n) is 3.61. The number of nitrogens with zero attached hydrogens (tertiary/aromatic N) is 5. The lowest BCUT2D eigenvalue weighted by molar-refractivity contribution is 0.482. The molecule has 0 N–H and O–H groups in total. The van der Waals surface area contributed by atoms with E-state index in [-0.39, 0.29) is 0 Å². The van der Waals surface area contributed by atoms with E-state index in [1.165, 1.54) is 0 Å². The fourth-order valence-corrected chi connectivity index (χ4v) is 2.59. The van der Waals surface area contributed by atoms with Crippen molar-refractivity contribution in [3.8, 4) is 0 Å². The quantitative estimate of drug-likeness (QED) is 0.821. The molecule has 0 saturated carbocycles. The fraction of sp³-hybridized carbons (Fsp3) is 0.429. The van der Waals surface area contributed by atoms with Gasteiger partial charge in [0.05, 0.1) is 0 Å². The highest BCUT2D eigenvalue weighted by atomic mass is 15.2. The Morgan fingerprint density at radius 2 is 1.84 bits per heavy atom. The molecule has 3 heterocycles. The van der Waals surface area contributed by atoms with Gasteiger partial charge in [-0.05, 0) is 25.8 Å². The van der Waals surface area contributed by atoms with Gasteiger partial charge in [-0.1, -0.05) is 0 Å². The van der Waals surface area contributed by atoms with E-state index in [4.69, 9.17) is 0 Å². The predicted octanol–water partition coefficient (Wildman–Crippen LogP) is 1.96. The number of aryl methyl sites for hydroxylation is 1. The lowest BCUT2D eigenvalue weighted by Crippen LogP contribution is -2.34. The number of hydrogen-bond acceptors (Lipinski definition) is 5. The molecule has 5 heteroatoms. The Hall–Kier alpha value is -2.04. The lowest BCUT2D eigenvalue weighted by atomic mass is 9.96. The van der Waals surface area contributed by atoms with Crippen molar-refractivity contribution in [3.05, 3.63) is 42.4 Å². The molecule has 0 unspecified atom stereocenters. The first kappa shape index (κ1) is 12.0. The van der Waals surface area contributed by atoms with Gasteiger partial charge in [0, 0.05) is 43.2 Å². The van der Waals surface area contributed by atoms with Crippen LogP contribution in [0.2, 0.25) is 0 Å². The smallest absolute Gasteiger partial charge is 0.134 e. The average molecular weight is 255 g/mol. The maximum atomic E-state index is 4.38. The second-order valence-corrected chi connectivity index (χ2v) is 4.90. The molecule has 1 aliphatic rings. The van der Waals surface area contributed by atoms with Gasteiger partial charge in [-0.2, -0.15) is 0 Å². The number of aromatic nitrogens is 4. The minimum absolute atomic E-state index is 0.472. The van der Waals surface area contributed by atoms with Crippen molar-refractivity contribution in [1.29, 1.82) is 0 Å². The molecule has 98 valence electrons. The van der Waals surface area contributed by atoms with Crippen LogP contribution < -0.4 is 4.90 Å². The molecule has 0 amide bonds. The Morgan fingerprint density at radius 3 is 2.53 bits per heavy atom. The average Bonchev–Trinajstić information content (AvgIpc) is 2.49. The number of anilines is 1. The van der Waals surface area contributed by atoms with Crippen LogP contribution in [0.4, 0.5) is 5.82 Å². The Bertz CT molecular complexity index is 535. The zero-order chi connectivity index (χ0) is 13.1. The van der Waals surface area contributed by atoms with Crippen LogP contribution in [0.1, 0.15) is 30.1 Å². The van der Waals surface area contributed by atoms with Crippen LogP contribution in [0.5, 0.6) is 0 Å². The van der Waals surface area contributed by atoms with Crippen LogP contribution in [-0.4, -0.2) is 33.0 Å². The molecule has 0 bridgehead atoms. The first-order chi connectivity index (χ1) is 9.34. The molecule has 3 rings (SSSR count). The maximum absolute atomic E-state index is 4.38. The summed E-state index contributed by atoms with van der Waals surface area (Å²) in [5.74, 6) is 2.50. The topological polar surface area (TPSA) is 54.8 Å². The highest BCUT2D eigenvalue weighted by Gasteiger charge is 2.23. The number of rotatable bonds is 2. The predicted molar refractivity (Wildman–Crippen MR) is 73.0 cm³/mol. The summed E-state index contributed by atoms with van der Waals surface area (Å²) in [4.78, 5) is 19.5. The van der Waals surface area contributed by atoms with Crippen molar-refractivity contribution in [2.24, 2.45) is 0 Å². The number of piperidine rings is 1. The van der Waals surface area contributed by atoms with Crippen LogP contribution in [0.25, 0.3) is 0 Å². The molecule has 1 aliphatic heterocycles. The Morgan fingerprint density at radius 1 is 1.11 bits per heavy atom. The Kier molecular flexibility index (Phi) is 3.35. The second-order valence-electron chi connectivity index (χ2n) is 4.90. The summed E-state index contributed by atoms with van der Waals surface area (Å²) in [5, 5.41) is 0. The van der Waals surface area contributed by atoms with Crippen LogP contribution in [0.3, 0.4) is 0 Å². The monoisotopic (exact) mass is 255 g/mol. The van der Waals surface area contributed by atoms with Gasteiger partial charge in [0.1, 0.15) is 18.0 Å². The number of hydrogen-bond donors (Lipinski definition) is 0. The minimum atomic E-state index is 0.472. The summed E-state index contributed by atoms with van der Waals surface area (Å²) in [5.41, 5.74) is 1.14. The van der Waals surface area contributed by atoms with Crippen LogP contribution in [0, 0.1) is 6.92 Å². The first-order valence-electron chi connectivity index (χ1n) is 6.63. The maximum Gasteiger partial charge on any atom is 0.134 e. The summed E-state index contributed by atoms with van der Waals surface area (Å²) in [6.07, 6.45) is 9.29. The van der Waals surface area contributed by atoms with Gasteiger partial charge >= 0.3 is 0 Å². The van der Waals surface area contributed by atoms with Crippen LogP contribution in [-0.2, 0) is 0 Å². The molecule has 2 aromatic rings. The molecule has 0 spiro atoms. The SMILES string of the molecule is Cc1cncnc1N1CCC(c2ncccn2)CC1. The molecule has 1 fully saturated rings. The molecule has 0 atom stereocenters. The van der Waals surface area contributed by atoms with E-state index >= 15 is 0 Å². The molecule has 0 aliphatic carbocycles. The largest absolute Gasteiger partial charge is 0.356 e. The molecule has 0 aromatic carbocycles. The normalized spacial score (nSPS) is 16.6. The van der Waals surface area contributed by atoms with Crippen molar-refractivity contribution in [2.75, 3.05) is 18.0 Å². The van der Waals surface area contributed by atoms with Gasteiger partial charge in [-0.3, -0.25) is 0 Å².